The van der Waals surface area contributed by atoms with Gasteiger partial charge >= 0.3 is 0 Å². The molecule has 0 spiro atoms. The fraction of sp³-hybridized carbons (Fsp3) is 0.364. The average molecular weight is 384 g/mol. The predicted octanol–water partition coefficient (Wildman–Crippen LogP) is 3.64. The van der Waals surface area contributed by atoms with Gasteiger partial charge in [0.2, 0.25) is 11.8 Å². The van der Waals surface area contributed by atoms with Crippen molar-refractivity contribution in [2.75, 3.05) is 26.1 Å². The summed E-state index contributed by atoms with van der Waals surface area (Å²) >= 11 is 0. The van der Waals surface area contributed by atoms with E-state index in [1.807, 2.05) is 36.4 Å². The number of nitrogens with one attached hydrogen (secondary N) is 1. The van der Waals surface area contributed by atoms with Crippen molar-refractivity contribution in [1.82, 2.24) is 4.90 Å². The molecule has 0 fully saturated rings. The molecule has 0 atom stereocenters. The molecule has 150 valence electrons. The van der Waals surface area contributed by atoms with Crippen LogP contribution in [0.25, 0.3) is 0 Å². The summed E-state index contributed by atoms with van der Waals surface area (Å²) in [5.41, 5.74) is 2.88. The Labute approximate surface area is 166 Å². The Morgan fingerprint density at radius 3 is 2.18 bits per heavy atom. The third kappa shape index (κ3) is 6.01. The summed E-state index contributed by atoms with van der Waals surface area (Å²) < 4.78 is 10.5. The molecule has 2 aromatic rings. The summed E-state index contributed by atoms with van der Waals surface area (Å²) in [6, 6.07) is 13.3. The first kappa shape index (κ1) is 21.3. The van der Waals surface area contributed by atoms with Crippen LogP contribution in [0.15, 0.2) is 42.5 Å². The Bertz CT molecular complexity index is 803. The van der Waals surface area contributed by atoms with E-state index in [9.17, 15) is 9.59 Å². The first-order valence-corrected chi connectivity index (χ1v) is 9.32. The van der Waals surface area contributed by atoms with Crippen LogP contribution >= 0.6 is 0 Å². The molecule has 2 rings (SSSR count). The van der Waals surface area contributed by atoms with Gasteiger partial charge in [0.1, 0.15) is 0 Å². The lowest BCUT2D eigenvalue weighted by Gasteiger charge is -2.21. The van der Waals surface area contributed by atoms with Crippen LogP contribution in [-0.2, 0) is 22.6 Å². The fourth-order valence-corrected chi connectivity index (χ4v) is 2.83. The summed E-state index contributed by atoms with van der Waals surface area (Å²) in [7, 11) is 3.15. The Hall–Kier alpha value is -3.02. The van der Waals surface area contributed by atoms with Gasteiger partial charge in [0, 0.05) is 32.1 Å². The van der Waals surface area contributed by atoms with Crippen LogP contribution in [0.5, 0.6) is 11.5 Å². The maximum Gasteiger partial charge on any atom is 0.226 e. The number of hydrogen-bond acceptors (Lipinski definition) is 4. The van der Waals surface area contributed by atoms with Crippen molar-refractivity contribution in [2.45, 2.75) is 33.2 Å². The SMILES string of the molecule is CCc1ccc(NC(=O)CCN(Cc2ccc(OC)c(OC)c2)C(C)=O)cc1. The number of rotatable bonds is 9. The van der Waals surface area contributed by atoms with Crippen LogP contribution in [0.2, 0.25) is 0 Å². The van der Waals surface area contributed by atoms with Gasteiger partial charge in [-0.2, -0.15) is 0 Å². The summed E-state index contributed by atoms with van der Waals surface area (Å²) in [5, 5.41) is 2.87. The summed E-state index contributed by atoms with van der Waals surface area (Å²) in [6.45, 7) is 4.32. The molecule has 0 aliphatic carbocycles. The zero-order valence-corrected chi connectivity index (χ0v) is 17.0. The summed E-state index contributed by atoms with van der Waals surface area (Å²) in [6.07, 6.45) is 1.18. The molecule has 0 radical (unpaired) electrons. The van der Waals surface area contributed by atoms with Crippen molar-refractivity contribution in [3.05, 3.63) is 53.6 Å². The smallest absolute Gasteiger partial charge is 0.226 e. The number of nitrogens with zero attached hydrogens (tertiary/aromatic N) is 1. The Morgan fingerprint density at radius 2 is 1.61 bits per heavy atom. The number of carbonyl (C=O) groups excluding carboxylic acids is 2. The molecule has 28 heavy (non-hydrogen) atoms. The third-order valence-corrected chi connectivity index (χ3v) is 4.52. The first-order valence-electron chi connectivity index (χ1n) is 9.32. The lowest BCUT2D eigenvalue weighted by atomic mass is 10.1. The van der Waals surface area contributed by atoms with Crippen LogP contribution in [0.4, 0.5) is 5.69 Å². The molecule has 6 nitrogen and oxygen atoms in total. The van der Waals surface area contributed by atoms with Gasteiger partial charge in [-0.05, 0) is 41.8 Å². The quantitative estimate of drug-likeness (QED) is 0.717. The molecular weight excluding hydrogens is 356 g/mol. The van der Waals surface area contributed by atoms with E-state index < -0.39 is 0 Å². The number of ether oxygens (including phenoxy) is 2. The van der Waals surface area contributed by atoms with Crippen LogP contribution in [0.3, 0.4) is 0 Å². The van der Waals surface area contributed by atoms with Gasteiger partial charge in [0.25, 0.3) is 0 Å². The second-order valence-electron chi connectivity index (χ2n) is 6.48. The van der Waals surface area contributed by atoms with E-state index in [4.69, 9.17) is 9.47 Å². The zero-order valence-electron chi connectivity index (χ0n) is 17.0. The number of amides is 2. The zero-order chi connectivity index (χ0) is 20.5. The van der Waals surface area contributed by atoms with Crippen LogP contribution in [0.1, 0.15) is 31.4 Å². The third-order valence-electron chi connectivity index (χ3n) is 4.52. The van der Waals surface area contributed by atoms with Gasteiger partial charge in [-0.1, -0.05) is 25.1 Å². The highest BCUT2D eigenvalue weighted by Gasteiger charge is 2.14. The van der Waals surface area contributed by atoms with Crippen molar-refractivity contribution in [1.29, 1.82) is 0 Å². The van der Waals surface area contributed by atoms with Crippen molar-refractivity contribution < 1.29 is 19.1 Å². The highest BCUT2D eigenvalue weighted by molar-refractivity contribution is 5.91. The minimum Gasteiger partial charge on any atom is -0.493 e. The Kier molecular flexibility index (Phi) is 7.87. The van der Waals surface area contributed by atoms with Crippen LogP contribution in [-0.4, -0.2) is 37.5 Å². The summed E-state index contributed by atoms with van der Waals surface area (Å²) in [5.74, 6) is 1.03. The van der Waals surface area contributed by atoms with E-state index in [0.717, 1.165) is 17.7 Å². The molecule has 0 unspecified atom stereocenters. The maximum absolute atomic E-state index is 12.2. The van der Waals surface area contributed by atoms with Crippen LogP contribution < -0.4 is 14.8 Å². The topological polar surface area (TPSA) is 67.9 Å². The highest BCUT2D eigenvalue weighted by Crippen LogP contribution is 2.28. The largest absolute Gasteiger partial charge is 0.493 e. The standard InChI is InChI=1S/C22H28N2O4/c1-5-17-6-9-19(10-7-17)23-22(26)12-13-24(16(2)25)15-18-8-11-20(27-3)21(14-18)28-4/h6-11,14H,5,12-13,15H2,1-4H3,(H,23,26). The minimum absolute atomic E-state index is 0.0881. The fourth-order valence-electron chi connectivity index (χ4n) is 2.83. The number of anilines is 1. The maximum atomic E-state index is 12.2. The molecular formula is C22H28N2O4. The number of hydrogen-bond donors (Lipinski definition) is 1. The lowest BCUT2D eigenvalue weighted by molar-refractivity contribution is -0.129. The van der Waals surface area contributed by atoms with Gasteiger partial charge in [-0.25, -0.2) is 0 Å². The Balaban J connectivity index is 1.95. The van der Waals surface area contributed by atoms with Crippen molar-refractivity contribution in [3.63, 3.8) is 0 Å². The molecule has 0 saturated heterocycles. The molecule has 0 aromatic heterocycles. The van der Waals surface area contributed by atoms with E-state index in [2.05, 4.69) is 12.2 Å². The number of aryl methyl sites for hydroxylation is 1. The molecule has 6 heteroatoms. The second-order valence-corrected chi connectivity index (χ2v) is 6.48. The number of benzene rings is 2. The molecule has 2 amide bonds. The van der Waals surface area contributed by atoms with Gasteiger partial charge < -0.3 is 19.7 Å². The minimum atomic E-state index is -0.122. The molecule has 0 heterocycles. The molecule has 2 aromatic carbocycles. The van der Waals surface area contributed by atoms with Gasteiger partial charge in [-0.15, -0.1) is 0 Å². The lowest BCUT2D eigenvalue weighted by Crippen LogP contribution is -2.31. The predicted molar refractivity (Wildman–Crippen MR) is 110 cm³/mol. The Morgan fingerprint density at radius 1 is 0.964 bits per heavy atom. The van der Waals surface area contributed by atoms with Crippen molar-refractivity contribution in [3.8, 4) is 11.5 Å². The van der Waals surface area contributed by atoms with E-state index >= 15 is 0 Å². The molecule has 1 N–H and O–H groups in total. The molecule has 0 aliphatic heterocycles. The van der Waals surface area contributed by atoms with E-state index in [0.29, 0.717) is 24.6 Å². The van der Waals surface area contributed by atoms with Crippen molar-refractivity contribution in [2.24, 2.45) is 0 Å². The van der Waals surface area contributed by atoms with Gasteiger partial charge in [-0.3, -0.25) is 9.59 Å². The van der Waals surface area contributed by atoms with E-state index in [1.54, 1.807) is 25.2 Å². The highest BCUT2D eigenvalue weighted by atomic mass is 16.5. The first-order chi connectivity index (χ1) is 13.5. The number of carbonyl (C=O) groups is 2. The van der Waals surface area contributed by atoms with Gasteiger partial charge in [0.05, 0.1) is 14.2 Å². The normalized spacial score (nSPS) is 10.3. The van der Waals surface area contributed by atoms with E-state index in [-0.39, 0.29) is 18.2 Å². The monoisotopic (exact) mass is 384 g/mol. The molecule has 0 aliphatic rings. The second kappa shape index (κ2) is 10.3. The average Bonchev–Trinajstić information content (AvgIpc) is 2.71. The van der Waals surface area contributed by atoms with Gasteiger partial charge in [0.15, 0.2) is 11.5 Å². The number of methoxy groups -OCH3 is 2. The van der Waals surface area contributed by atoms with Crippen LogP contribution in [0, 0.1) is 0 Å². The summed E-state index contributed by atoms with van der Waals surface area (Å²) in [4.78, 5) is 25.9. The molecule has 0 bridgehead atoms. The van der Waals surface area contributed by atoms with E-state index in [1.165, 1.54) is 12.5 Å². The molecule has 0 saturated carbocycles. The van der Waals surface area contributed by atoms with Crippen molar-refractivity contribution >= 4 is 17.5 Å².